The lowest BCUT2D eigenvalue weighted by atomic mass is 10.1. The molecule has 0 fully saturated rings. The third-order valence-electron chi connectivity index (χ3n) is 2.87. The van der Waals surface area contributed by atoms with Crippen LogP contribution < -0.4 is 20.6 Å². The molecule has 0 aliphatic carbocycles. The molecule has 1 atom stereocenters. The van der Waals surface area contributed by atoms with Gasteiger partial charge in [0.05, 0.1) is 6.04 Å². The first kappa shape index (κ1) is 15.9. The summed E-state index contributed by atoms with van der Waals surface area (Å²) < 4.78 is 42.4. The van der Waals surface area contributed by atoms with Gasteiger partial charge in [0.2, 0.25) is 5.88 Å². The molecule has 0 aliphatic rings. The molecule has 0 spiro atoms. The molecule has 0 aliphatic heterocycles. The molecular formula is C14H16F3N4O+. The maximum atomic E-state index is 12.1. The summed E-state index contributed by atoms with van der Waals surface area (Å²) in [5.74, 6) is 0.465. The van der Waals surface area contributed by atoms with Gasteiger partial charge in [-0.3, -0.25) is 5.73 Å². The van der Waals surface area contributed by atoms with E-state index in [4.69, 9.17) is 5.73 Å². The Hall–Kier alpha value is -2.51. The van der Waals surface area contributed by atoms with Crippen molar-refractivity contribution in [3.63, 3.8) is 0 Å². The fourth-order valence-corrected chi connectivity index (χ4v) is 1.75. The summed E-state index contributed by atoms with van der Waals surface area (Å²) in [6.07, 6.45) is -1.15. The number of nitrogens with zero attached hydrogens (tertiary/aromatic N) is 2. The van der Waals surface area contributed by atoms with E-state index >= 15 is 0 Å². The molecular weight excluding hydrogens is 297 g/mol. The number of halogens is 3. The van der Waals surface area contributed by atoms with Crippen LogP contribution in [0.25, 0.3) is 0 Å². The van der Waals surface area contributed by atoms with Gasteiger partial charge in [0.1, 0.15) is 6.20 Å². The quantitative estimate of drug-likeness (QED) is 0.831. The lowest BCUT2D eigenvalue weighted by molar-refractivity contribution is -0.639. The molecule has 8 heteroatoms. The normalized spacial score (nSPS) is 12.7. The molecule has 0 aromatic carbocycles. The molecule has 3 N–H and O–H groups in total. The van der Waals surface area contributed by atoms with Crippen molar-refractivity contribution in [3.05, 3.63) is 48.3 Å². The highest BCUT2D eigenvalue weighted by molar-refractivity contribution is 5.22. The van der Waals surface area contributed by atoms with E-state index < -0.39 is 12.8 Å². The van der Waals surface area contributed by atoms with Crippen molar-refractivity contribution < 1.29 is 22.6 Å². The first-order chi connectivity index (χ1) is 10.3. The van der Waals surface area contributed by atoms with Crippen LogP contribution in [-0.2, 0) is 0 Å². The van der Waals surface area contributed by atoms with Gasteiger partial charge in [0.25, 0.3) is 5.82 Å². The summed E-state index contributed by atoms with van der Waals surface area (Å²) in [5.41, 5.74) is 9.73. The number of alkyl halides is 3. The van der Waals surface area contributed by atoms with Crippen molar-refractivity contribution >= 4 is 5.82 Å². The predicted molar refractivity (Wildman–Crippen MR) is 74.6 cm³/mol. The minimum Gasteiger partial charge on any atom is -0.468 e. The molecule has 0 saturated heterocycles. The summed E-state index contributed by atoms with van der Waals surface area (Å²) in [6, 6.07) is 8.29. The third-order valence-corrected chi connectivity index (χ3v) is 2.87. The molecule has 2 rings (SSSR count). The van der Waals surface area contributed by atoms with Crippen LogP contribution in [-0.4, -0.2) is 17.8 Å². The zero-order valence-electron chi connectivity index (χ0n) is 11.8. The van der Waals surface area contributed by atoms with Crippen molar-refractivity contribution in [3.8, 4) is 5.88 Å². The number of pyridine rings is 2. The highest BCUT2D eigenvalue weighted by Crippen LogP contribution is 2.18. The minimum atomic E-state index is -4.38. The molecule has 1 unspecified atom stereocenters. The molecule has 2 heterocycles. The zero-order valence-corrected chi connectivity index (χ0v) is 11.8. The van der Waals surface area contributed by atoms with E-state index in [9.17, 15) is 13.2 Å². The molecule has 118 valence electrons. The van der Waals surface area contributed by atoms with E-state index in [1.807, 2.05) is 19.1 Å². The van der Waals surface area contributed by atoms with E-state index in [1.54, 1.807) is 23.0 Å². The predicted octanol–water partition coefficient (Wildman–Crippen LogP) is 2.20. The Morgan fingerprint density at radius 3 is 2.68 bits per heavy atom. The summed E-state index contributed by atoms with van der Waals surface area (Å²) >= 11 is 0. The minimum absolute atomic E-state index is 0.0693. The van der Waals surface area contributed by atoms with Gasteiger partial charge in [0, 0.05) is 18.3 Å². The molecule has 2 aromatic rings. The van der Waals surface area contributed by atoms with Crippen molar-refractivity contribution in [2.45, 2.75) is 19.1 Å². The smallest absolute Gasteiger partial charge is 0.422 e. The molecule has 0 saturated carbocycles. The van der Waals surface area contributed by atoms with Gasteiger partial charge < -0.3 is 4.74 Å². The Bertz CT molecular complexity index is 616. The highest BCUT2D eigenvalue weighted by atomic mass is 19.4. The van der Waals surface area contributed by atoms with Gasteiger partial charge in [-0.1, -0.05) is 6.07 Å². The number of hydrogen-bond acceptors (Lipinski definition) is 4. The first-order valence-corrected chi connectivity index (χ1v) is 6.53. The second kappa shape index (κ2) is 6.50. The number of nitrogens with one attached hydrogen (secondary N) is 1. The second-order valence-corrected chi connectivity index (χ2v) is 4.68. The Kier molecular flexibility index (Phi) is 4.69. The van der Waals surface area contributed by atoms with E-state index in [1.165, 1.54) is 12.3 Å². The second-order valence-electron chi connectivity index (χ2n) is 4.68. The highest BCUT2D eigenvalue weighted by Gasteiger charge is 2.28. The van der Waals surface area contributed by atoms with Gasteiger partial charge >= 0.3 is 6.18 Å². The van der Waals surface area contributed by atoms with E-state index in [2.05, 4.69) is 15.1 Å². The molecule has 0 radical (unpaired) electrons. The largest absolute Gasteiger partial charge is 0.468 e. The fourth-order valence-electron chi connectivity index (χ4n) is 1.75. The molecule has 5 nitrogen and oxygen atoms in total. The standard InChI is InChI=1S/C14H15F3N4O/c1-10(20-21-7-3-2-4-12(21)18)11-5-6-13(19-8-11)22-9-14(15,16)17/h2-8,10,18,20H,9H2,1H3/p+1. The fraction of sp³-hybridized carbons (Fsp3) is 0.286. The Morgan fingerprint density at radius 2 is 2.09 bits per heavy atom. The lowest BCUT2D eigenvalue weighted by Crippen LogP contribution is -2.48. The van der Waals surface area contributed by atoms with E-state index in [-0.39, 0.29) is 11.9 Å². The number of ether oxygens (including phenoxy) is 1. The van der Waals surface area contributed by atoms with Crippen molar-refractivity contribution in [2.75, 3.05) is 17.8 Å². The number of nitrogens with two attached hydrogens (primary N) is 1. The van der Waals surface area contributed by atoms with Gasteiger partial charge in [-0.15, -0.1) is 4.68 Å². The molecule has 0 amide bonds. The topological polar surface area (TPSA) is 64.0 Å². The molecule has 2 aromatic heterocycles. The molecule has 22 heavy (non-hydrogen) atoms. The zero-order chi connectivity index (χ0) is 16.2. The monoisotopic (exact) mass is 313 g/mol. The van der Waals surface area contributed by atoms with Gasteiger partial charge in [0.15, 0.2) is 6.61 Å². The first-order valence-electron chi connectivity index (χ1n) is 6.53. The average molecular weight is 313 g/mol. The average Bonchev–Trinajstić information content (AvgIpc) is 2.47. The Labute approximate surface area is 125 Å². The van der Waals surface area contributed by atoms with Crippen molar-refractivity contribution in [1.29, 1.82) is 0 Å². The summed E-state index contributed by atoms with van der Waals surface area (Å²) in [7, 11) is 0. The van der Waals surface area contributed by atoms with Crippen LogP contribution in [0.2, 0.25) is 0 Å². The Morgan fingerprint density at radius 1 is 1.32 bits per heavy atom. The van der Waals surface area contributed by atoms with Gasteiger partial charge in [-0.2, -0.15) is 13.2 Å². The van der Waals surface area contributed by atoms with Crippen LogP contribution >= 0.6 is 0 Å². The van der Waals surface area contributed by atoms with E-state index in [0.29, 0.717) is 5.82 Å². The van der Waals surface area contributed by atoms with Gasteiger partial charge in [-0.05, 0) is 24.6 Å². The Balaban J connectivity index is 1.99. The summed E-state index contributed by atoms with van der Waals surface area (Å²) in [5, 5.41) is 0. The number of anilines is 1. The molecule has 0 bridgehead atoms. The van der Waals surface area contributed by atoms with Crippen LogP contribution in [0.1, 0.15) is 18.5 Å². The third kappa shape index (κ3) is 4.51. The SMILES string of the molecule is CC(N[n+]1ccccc1N)c1ccc(OCC(F)(F)F)nc1. The summed E-state index contributed by atoms with van der Waals surface area (Å²) in [4.78, 5) is 3.86. The van der Waals surface area contributed by atoms with E-state index in [0.717, 1.165) is 5.56 Å². The van der Waals surface area contributed by atoms with Crippen LogP contribution in [0.4, 0.5) is 19.0 Å². The number of rotatable bonds is 5. The van der Waals surface area contributed by atoms with Crippen molar-refractivity contribution in [2.24, 2.45) is 0 Å². The van der Waals surface area contributed by atoms with Crippen LogP contribution in [0.3, 0.4) is 0 Å². The van der Waals surface area contributed by atoms with Gasteiger partial charge in [-0.25, -0.2) is 10.4 Å². The number of aromatic nitrogens is 2. The van der Waals surface area contributed by atoms with Crippen LogP contribution in [0.5, 0.6) is 5.88 Å². The number of hydrogen-bond donors (Lipinski definition) is 2. The maximum absolute atomic E-state index is 12.1. The van der Waals surface area contributed by atoms with Crippen LogP contribution in [0.15, 0.2) is 42.7 Å². The lowest BCUT2D eigenvalue weighted by Gasteiger charge is -2.14. The summed E-state index contributed by atoms with van der Waals surface area (Å²) in [6.45, 7) is 0.524. The van der Waals surface area contributed by atoms with Crippen molar-refractivity contribution in [1.82, 2.24) is 4.98 Å². The maximum Gasteiger partial charge on any atom is 0.422 e. The number of nitrogen functional groups attached to an aromatic ring is 1. The van der Waals surface area contributed by atoms with Crippen LogP contribution in [0, 0.1) is 0 Å².